The molecule has 1 aliphatic rings. The van der Waals surface area contributed by atoms with Gasteiger partial charge in [-0.1, -0.05) is 6.92 Å². The van der Waals surface area contributed by atoms with Gasteiger partial charge in [0.25, 0.3) is 0 Å². The summed E-state index contributed by atoms with van der Waals surface area (Å²) in [6.45, 7) is 5.19. The van der Waals surface area contributed by atoms with Crippen molar-refractivity contribution in [2.24, 2.45) is 0 Å². The van der Waals surface area contributed by atoms with E-state index in [2.05, 4.69) is 17.1 Å². The largest absolute Gasteiger partial charge is 0.380 e. The van der Waals surface area contributed by atoms with Crippen molar-refractivity contribution in [1.29, 1.82) is 0 Å². The Hall–Kier alpha value is -0.170. The van der Waals surface area contributed by atoms with E-state index in [9.17, 15) is 8.42 Å². The topological polar surface area (TPSA) is 58.6 Å². The third kappa shape index (κ3) is 5.65. The van der Waals surface area contributed by atoms with Crippen LogP contribution < -0.4 is 5.32 Å². The number of likely N-dealkylation sites (N-methyl/N-ethyl adjacent to an activating group) is 1. The first-order valence-electron chi connectivity index (χ1n) is 6.63. The highest BCUT2D eigenvalue weighted by Crippen LogP contribution is 2.13. The minimum atomic E-state index is -2.90. The molecular formula is C12H26N2O3S. The van der Waals surface area contributed by atoms with Crippen molar-refractivity contribution < 1.29 is 13.2 Å². The van der Waals surface area contributed by atoms with Gasteiger partial charge in [-0.3, -0.25) is 4.90 Å². The van der Waals surface area contributed by atoms with Crippen LogP contribution in [0.4, 0.5) is 0 Å². The van der Waals surface area contributed by atoms with Crippen molar-refractivity contribution in [2.45, 2.75) is 31.8 Å². The summed E-state index contributed by atoms with van der Waals surface area (Å²) in [6, 6.07) is 0.676. The van der Waals surface area contributed by atoms with E-state index in [4.69, 9.17) is 4.74 Å². The number of nitrogens with zero attached hydrogens (tertiary/aromatic N) is 1. The monoisotopic (exact) mass is 278 g/mol. The first-order chi connectivity index (χ1) is 8.44. The molecular weight excluding hydrogens is 252 g/mol. The summed E-state index contributed by atoms with van der Waals surface area (Å²) in [7, 11) is -0.918. The summed E-state index contributed by atoms with van der Waals surface area (Å²) in [5.74, 6) is 0.209. The Morgan fingerprint density at radius 2 is 2.17 bits per heavy atom. The first kappa shape index (κ1) is 15.9. The Balaban J connectivity index is 2.48. The molecule has 0 amide bonds. The lowest BCUT2D eigenvalue weighted by Crippen LogP contribution is -2.55. The molecule has 2 atom stereocenters. The molecule has 1 aliphatic heterocycles. The van der Waals surface area contributed by atoms with E-state index in [0.717, 1.165) is 26.0 Å². The molecule has 1 fully saturated rings. The molecule has 0 aromatic carbocycles. The van der Waals surface area contributed by atoms with Crippen LogP contribution in [-0.2, 0) is 14.6 Å². The lowest BCUT2D eigenvalue weighted by atomic mass is 10.0. The summed E-state index contributed by atoms with van der Waals surface area (Å²) >= 11 is 0. The first-order valence-corrected chi connectivity index (χ1v) is 8.69. The Bertz CT molecular complexity index is 332. The van der Waals surface area contributed by atoms with Gasteiger partial charge in [0.05, 0.1) is 12.4 Å². The van der Waals surface area contributed by atoms with E-state index >= 15 is 0 Å². The zero-order valence-corrected chi connectivity index (χ0v) is 12.5. The van der Waals surface area contributed by atoms with Crippen molar-refractivity contribution in [3.8, 4) is 0 Å². The van der Waals surface area contributed by atoms with E-state index in [1.165, 1.54) is 6.26 Å². The third-order valence-corrected chi connectivity index (χ3v) is 4.29. The van der Waals surface area contributed by atoms with Crippen LogP contribution in [0.3, 0.4) is 0 Å². The predicted octanol–water partition coefficient (Wildman–Crippen LogP) is 0.120. The smallest absolute Gasteiger partial charge is 0.148 e. The van der Waals surface area contributed by atoms with Gasteiger partial charge in [-0.25, -0.2) is 8.42 Å². The number of hydrogen-bond donors (Lipinski definition) is 1. The zero-order valence-electron chi connectivity index (χ0n) is 11.7. The van der Waals surface area contributed by atoms with Crippen LogP contribution in [0.1, 0.15) is 19.8 Å². The lowest BCUT2D eigenvalue weighted by Gasteiger charge is -2.38. The number of hydrogen-bond acceptors (Lipinski definition) is 5. The van der Waals surface area contributed by atoms with Crippen LogP contribution in [0.5, 0.6) is 0 Å². The number of rotatable bonds is 7. The Morgan fingerprint density at radius 1 is 1.44 bits per heavy atom. The molecule has 2 unspecified atom stereocenters. The van der Waals surface area contributed by atoms with Crippen LogP contribution in [0, 0.1) is 0 Å². The fourth-order valence-electron chi connectivity index (χ4n) is 2.20. The molecule has 6 heteroatoms. The molecule has 1 saturated heterocycles. The standard InChI is InChI=1S/C12H26N2O3S/c1-4-6-13-11-5-8-17-10-12(11)14(2)7-9-18(3,15)16/h11-13H,4-10H2,1-3H3. The second-order valence-electron chi connectivity index (χ2n) is 5.10. The normalized spacial score (nSPS) is 25.6. The molecule has 0 aromatic rings. The Labute approximate surface area is 111 Å². The van der Waals surface area contributed by atoms with Gasteiger partial charge >= 0.3 is 0 Å². The summed E-state index contributed by atoms with van der Waals surface area (Å²) in [4.78, 5) is 2.10. The van der Waals surface area contributed by atoms with Gasteiger partial charge in [0, 0.05) is 31.5 Å². The van der Waals surface area contributed by atoms with Crippen molar-refractivity contribution in [3.05, 3.63) is 0 Å². The summed E-state index contributed by atoms with van der Waals surface area (Å²) in [5.41, 5.74) is 0. The summed E-state index contributed by atoms with van der Waals surface area (Å²) in [5, 5.41) is 3.53. The van der Waals surface area contributed by atoms with E-state index in [1.807, 2.05) is 7.05 Å². The molecule has 0 aromatic heterocycles. The maximum Gasteiger partial charge on any atom is 0.148 e. The van der Waals surface area contributed by atoms with Gasteiger partial charge < -0.3 is 10.1 Å². The molecule has 1 N–H and O–H groups in total. The molecule has 0 radical (unpaired) electrons. The highest BCUT2D eigenvalue weighted by molar-refractivity contribution is 7.90. The average Bonchev–Trinajstić information content (AvgIpc) is 2.33. The lowest BCUT2D eigenvalue weighted by molar-refractivity contribution is 0.00807. The molecule has 18 heavy (non-hydrogen) atoms. The van der Waals surface area contributed by atoms with Gasteiger partial charge in [-0.15, -0.1) is 0 Å². The van der Waals surface area contributed by atoms with E-state index in [1.54, 1.807) is 0 Å². The number of nitrogens with one attached hydrogen (secondary N) is 1. The van der Waals surface area contributed by atoms with E-state index < -0.39 is 9.84 Å². The maximum absolute atomic E-state index is 11.2. The van der Waals surface area contributed by atoms with Crippen LogP contribution in [0.2, 0.25) is 0 Å². The van der Waals surface area contributed by atoms with Gasteiger partial charge in [0.1, 0.15) is 9.84 Å². The van der Waals surface area contributed by atoms with Gasteiger partial charge in [0.2, 0.25) is 0 Å². The van der Waals surface area contributed by atoms with Crippen molar-refractivity contribution >= 4 is 9.84 Å². The predicted molar refractivity (Wildman–Crippen MR) is 73.6 cm³/mol. The molecule has 0 spiro atoms. The number of ether oxygens (including phenoxy) is 1. The van der Waals surface area contributed by atoms with Gasteiger partial charge in [0.15, 0.2) is 0 Å². The SMILES string of the molecule is CCCNC1CCOCC1N(C)CCS(C)(=O)=O. The van der Waals surface area contributed by atoms with Crippen LogP contribution in [-0.4, -0.2) is 70.8 Å². The third-order valence-electron chi connectivity index (χ3n) is 3.36. The minimum absolute atomic E-state index is 0.209. The molecule has 0 saturated carbocycles. The maximum atomic E-state index is 11.2. The zero-order chi connectivity index (χ0) is 13.6. The molecule has 5 nitrogen and oxygen atoms in total. The second kappa shape index (κ2) is 7.43. The molecule has 1 rings (SSSR count). The van der Waals surface area contributed by atoms with Gasteiger partial charge in [-0.2, -0.15) is 0 Å². The average molecular weight is 278 g/mol. The van der Waals surface area contributed by atoms with Crippen LogP contribution in [0.15, 0.2) is 0 Å². The van der Waals surface area contributed by atoms with Crippen LogP contribution >= 0.6 is 0 Å². The molecule has 108 valence electrons. The van der Waals surface area contributed by atoms with Crippen molar-refractivity contribution in [1.82, 2.24) is 10.2 Å². The second-order valence-corrected chi connectivity index (χ2v) is 7.36. The minimum Gasteiger partial charge on any atom is -0.380 e. The summed E-state index contributed by atoms with van der Waals surface area (Å²) < 4.78 is 27.9. The van der Waals surface area contributed by atoms with Gasteiger partial charge in [-0.05, 0) is 26.4 Å². The summed E-state index contributed by atoms with van der Waals surface area (Å²) in [6.07, 6.45) is 3.38. The van der Waals surface area contributed by atoms with Crippen LogP contribution in [0.25, 0.3) is 0 Å². The highest BCUT2D eigenvalue weighted by atomic mass is 32.2. The molecule has 1 heterocycles. The number of sulfone groups is 1. The van der Waals surface area contributed by atoms with Crippen molar-refractivity contribution in [2.75, 3.05) is 45.4 Å². The molecule has 0 bridgehead atoms. The quantitative estimate of drug-likeness (QED) is 0.717. The fourth-order valence-corrected chi connectivity index (χ4v) is 2.82. The van der Waals surface area contributed by atoms with E-state index in [0.29, 0.717) is 19.2 Å². The highest BCUT2D eigenvalue weighted by Gasteiger charge is 2.28. The van der Waals surface area contributed by atoms with Crippen molar-refractivity contribution in [3.63, 3.8) is 0 Å². The van der Waals surface area contributed by atoms with E-state index in [-0.39, 0.29) is 11.8 Å². The molecule has 0 aliphatic carbocycles. The Morgan fingerprint density at radius 3 is 2.78 bits per heavy atom. The fraction of sp³-hybridized carbons (Fsp3) is 1.00. The Kier molecular flexibility index (Phi) is 6.55.